The summed E-state index contributed by atoms with van der Waals surface area (Å²) in [4.78, 5) is 30.7. The highest BCUT2D eigenvalue weighted by atomic mass is 35.5. The molecular weight excluding hydrogens is 304 g/mol. The summed E-state index contributed by atoms with van der Waals surface area (Å²) in [5.41, 5.74) is -0.321. The van der Waals surface area contributed by atoms with E-state index in [2.05, 4.69) is 15.3 Å². The van der Waals surface area contributed by atoms with E-state index in [-0.39, 0.29) is 22.9 Å². The molecule has 0 atom stereocenters. The summed E-state index contributed by atoms with van der Waals surface area (Å²) in [5, 5.41) is 13.9. The van der Waals surface area contributed by atoms with Crippen LogP contribution in [-0.2, 0) is 6.54 Å². The van der Waals surface area contributed by atoms with E-state index in [9.17, 15) is 14.9 Å². The number of hydrogen-bond acceptors (Lipinski definition) is 6. The summed E-state index contributed by atoms with van der Waals surface area (Å²) in [5.74, 6) is -0.529. The molecule has 20 heavy (non-hydrogen) atoms. The maximum absolute atomic E-state index is 11.9. The van der Waals surface area contributed by atoms with Gasteiger partial charge in [0.1, 0.15) is 16.4 Å². The number of nitrogens with zero attached hydrogens (tertiary/aromatic N) is 3. The minimum atomic E-state index is -0.635. The molecule has 7 nitrogen and oxygen atoms in total. The fourth-order valence-corrected chi connectivity index (χ4v) is 2.35. The molecule has 0 aliphatic carbocycles. The smallest absolute Gasteiger partial charge is 0.288 e. The van der Waals surface area contributed by atoms with Crippen molar-refractivity contribution in [3.8, 4) is 0 Å². The summed E-state index contributed by atoms with van der Waals surface area (Å²) in [6.45, 7) is 2.14. The molecule has 1 amide bonds. The maximum atomic E-state index is 11.9. The summed E-state index contributed by atoms with van der Waals surface area (Å²) in [6.07, 6.45) is 2.71. The Morgan fingerprint density at radius 1 is 1.50 bits per heavy atom. The van der Waals surface area contributed by atoms with Crippen molar-refractivity contribution in [2.24, 2.45) is 0 Å². The van der Waals surface area contributed by atoms with Gasteiger partial charge in [-0.1, -0.05) is 11.6 Å². The molecule has 0 aliphatic heterocycles. The normalized spacial score (nSPS) is 10.3. The predicted octanol–water partition coefficient (Wildman–Crippen LogP) is 2.34. The van der Waals surface area contributed by atoms with E-state index in [1.807, 2.05) is 6.92 Å². The Kier molecular flexibility index (Phi) is 4.26. The third-order valence-electron chi connectivity index (χ3n) is 2.35. The van der Waals surface area contributed by atoms with Crippen molar-refractivity contribution in [3.63, 3.8) is 0 Å². The van der Waals surface area contributed by atoms with E-state index in [0.717, 1.165) is 22.1 Å². The Bertz CT molecular complexity index is 673. The van der Waals surface area contributed by atoms with Gasteiger partial charge in [-0.25, -0.2) is 9.97 Å². The first-order valence-electron chi connectivity index (χ1n) is 5.47. The van der Waals surface area contributed by atoms with E-state index < -0.39 is 10.8 Å². The standard InChI is InChI=1S/C11H9ClN4O3S/c1-6-3-13-9(20-6)5-15-11(17)8-2-7(16(18)19)4-14-10(8)12/h2-4H,5H2,1H3,(H,15,17). The van der Waals surface area contributed by atoms with Gasteiger partial charge >= 0.3 is 0 Å². The minimum Gasteiger partial charge on any atom is -0.345 e. The zero-order valence-electron chi connectivity index (χ0n) is 10.3. The Hall–Kier alpha value is -2.06. The number of pyridine rings is 1. The van der Waals surface area contributed by atoms with Crippen LogP contribution in [0.5, 0.6) is 0 Å². The lowest BCUT2D eigenvalue weighted by Crippen LogP contribution is -2.23. The average Bonchev–Trinajstić information content (AvgIpc) is 2.82. The lowest BCUT2D eigenvalue weighted by molar-refractivity contribution is -0.385. The average molecular weight is 313 g/mol. The van der Waals surface area contributed by atoms with Crippen molar-refractivity contribution in [1.29, 1.82) is 0 Å². The zero-order valence-corrected chi connectivity index (χ0v) is 11.9. The molecule has 104 valence electrons. The molecule has 0 saturated heterocycles. The zero-order chi connectivity index (χ0) is 14.7. The minimum absolute atomic E-state index is 0.0332. The topological polar surface area (TPSA) is 98.0 Å². The molecule has 2 heterocycles. The summed E-state index contributed by atoms with van der Waals surface area (Å²) in [6, 6.07) is 1.10. The van der Waals surface area contributed by atoms with Crippen LogP contribution in [0.1, 0.15) is 20.2 Å². The quantitative estimate of drug-likeness (QED) is 0.531. The number of nitro groups is 1. The van der Waals surface area contributed by atoms with Crippen LogP contribution in [0.25, 0.3) is 0 Å². The Labute approximate surface area is 122 Å². The fraction of sp³-hybridized carbons (Fsp3) is 0.182. The second-order valence-electron chi connectivity index (χ2n) is 3.84. The maximum Gasteiger partial charge on any atom is 0.288 e. The van der Waals surface area contributed by atoms with Gasteiger partial charge in [-0.15, -0.1) is 11.3 Å². The first-order chi connectivity index (χ1) is 9.47. The summed E-state index contributed by atoms with van der Waals surface area (Å²) in [7, 11) is 0. The highest BCUT2D eigenvalue weighted by Gasteiger charge is 2.17. The van der Waals surface area contributed by atoms with Gasteiger partial charge in [0.2, 0.25) is 0 Å². The third-order valence-corrected chi connectivity index (χ3v) is 3.56. The molecule has 0 spiro atoms. The van der Waals surface area contributed by atoms with Gasteiger partial charge in [-0.2, -0.15) is 0 Å². The van der Waals surface area contributed by atoms with Crippen LogP contribution in [0.4, 0.5) is 5.69 Å². The number of carbonyl (C=O) groups is 1. The molecule has 0 saturated carbocycles. The van der Waals surface area contributed by atoms with Gasteiger partial charge in [-0.3, -0.25) is 14.9 Å². The van der Waals surface area contributed by atoms with Crippen LogP contribution in [0.15, 0.2) is 18.5 Å². The Morgan fingerprint density at radius 2 is 2.25 bits per heavy atom. The first-order valence-corrected chi connectivity index (χ1v) is 6.66. The van der Waals surface area contributed by atoms with Gasteiger partial charge in [0.25, 0.3) is 11.6 Å². The molecule has 0 fully saturated rings. The molecule has 0 aliphatic rings. The monoisotopic (exact) mass is 312 g/mol. The highest BCUT2D eigenvalue weighted by Crippen LogP contribution is 2.19. The highest BCUT2D eigenvalue weighted by molar-refractivity contribution is 7.11. The molecule has 1 N–H and O–H groups in total. The molecular formula is C11H9ClN4O3S. The predicted molar refractivity (Wildman–Crippen MR) is 73.9 cm³/mol. The lowest BCUT2D eigenvalue weighted by Gasteiger charge is -2.04. The van der Waals surface area contributed by atoms with Gasteiger partial charge in [0.05, 0.1) is 17.0 Å². The molecule has 9 heteroatoms. The molecule has 0 bridgehead atoms. The molecule has 0 radical (unpaired) electrons. The summed E-state index contributed by atoms with van der Waals surface area (Å²) >= 11 is 7.23. The number of carbonyl (C=O) groups excluding carboxylic acids is 1. The van der Waals surface area contributed by atoms with Crippen molar-refractivity contribution in [1.82, 2.24) is 15.3 Å². The van der Waals surface area contributed by atoms with Crippen molar-refractivity contribution in [3.05, 3.63) is 49.2 Å². The van der Waals surface area contributed by atoms with E-state index in [0.29, 0.717) is 0 Å². The molecule has 2 aromatic rings. The van der Waals surface area contributed by atoms with Gasteiger partial charge in [-0.05, 0) is 6.92 Å². The van der Waals surface area contributed by atoms with Gasteiger partial charge in [0, 0.05) is 17.1 Å². The number of rotatable bonds is 4. The first kappa shape index (κ1) is 14.4. The number of nitrogens with one attached hydrogen (secondary N) is 1. The molecule has 0 aromatic carbocycles. The van der Waals surface area contributed by atoms with Crippen LogP contribution >= 0.6 is 22.9 Å². The van der Waals surface area contributed by atoms with E-state index in [1.165, 1.54) is 11.3 Å². The Balaban J connectivity index is 2.12. The third kappa shape index (κ3) is 3.28. The van der Waals surface area contributed by atoms with E-state index in [1.54, 1.807) is 6.20 Å². The Morgan fingerprint density at radius 3 is 2.85 bits per heavy atom. The number of aromatic nitrogens is 2. The van der Waals surface area contributed by atoms with Crippen LogP contribution < -0.4 is 5.32 Å². The van der Waals surface area contributed by atoms with Crippen LogP contribution in [0.3, 0.4) is 0 Å². The number of hydrogen-bond donors (Lipinski definition) is 1. The molecule has 2 aromatic heterocycles. The fourth-order valence-electron chi connectivity index (χ4n) is 1.43. The van der Waals surface area contributed by atoms with Crippen molar-refractivity contribution < 1.29 is 9.72 Å². The van der Waals surface area contributed by atoms with Crippen molar-refractivity contribution in [2.45, 2.75) is 13.5 Å². The lowest BCUT2D eigenvalue weighted by atomic mass is 10.2. The molecule has 2 rings (SSSR count). The van der Waals surface area contributed by atoms with Crippen LogP contribution in [-0.4, -0.2) is 20.8 Å². The second kappa shape index (κ2) is 5.93. The molecule has 0 unspecified atom stereocenters. The van der Waals surface area contributed by atoms with Gasteiger partial charge in [0.15, 0.2) is 0 Å². The number of aryl methyl sites for hydroxylation is 1. The van der Waals surface area contributed by atoms with E-state index in [4.69, 9.17) is 11.6 Å². The van der Waals surface area contributed by atoms with Crippen LogP contribution in [0.2, 0.25) is 5.15 Å². The SMILES string of the molecule is Cc1cnc(CNC(=O)c2cc([N+](=O)[O-])cnc2Cl)s1. The largest absolute Gasteiger partial charge is 0.345 e. The van der Waals surface area contributed by atoms with Crippen LogP contribution in [0, 0.1) is 17.0 Å². The second-order valence-corrected chi connectivity index (χ2v) is 5.51. The summed E-state index contributed by atoms with van der Waals surface area (Å²) < 4.78 is 0. The number of amides is 1. The number of halogens is 1. The van der Waals surface area contributed by atoms with Crippen molar-refractivity contribution in [2.75, 3.05) is 0 Å². The van der Waals surface area contributed by atoms with Crippen molar-refractivity contribution >= 4 is 34.5 Å². The number of thiazole rings is 1. The van der Waals surface area contributed by atoms with Gasteiger partial charge < -0.3 is 5.32 Å². The van der Waals surface area contributed by atoms with E-state index >= 15 is 0 Å².